The zero-order valence-electron chi connectivity index (χ0n) is 21.3. The first-order valence-corrected chi connectivity index (χ1v) is 14.7. The van der Waals surface area contributed by atoms with Crippen molar-refractivity contribution in [3.63, 3.8) is 0 Å². The number of alkyl halides is 3. The summed E-state index contributed by atoms with van der Waals surface area (Å²) in [6.45, 7) is -0.373. The van der Waals surface area contributed by atoms with E-state index in [9.17, 15) is 32.3 Å². The van der Waals surface area contributed by atoms with Gasteiger partial charge in [-0.05, 0) is 42.0 Å². The Morgan fingerprint density at radius 1 is 0.905 bits per heavy atom. The second-order valence-corrected chi connectivity index (χ2v) is 12.2. The monoisotopic (exact) mass is 629 g/mol. The maximum Gasteiger partial charge on any atom is 0.418 e. The summed E-state index contributed by atoms with van der Waals surface area (Å²) in [5, 5.41) is 2.40. The van der Waals surface area contributed by atoms with Gasteiger partial charge in [0.25, 0.3) is 0 Å². The van der Waals surface area contributed by atoms with Gasteiger partial charge in [0.15, 0.2) is 0 Å². The van der Waals surface area contributed by atoms with Crippen molar-refractivity contribution in [2.45, 2.75) is 28.9 Å². The number of para-hydroxylation sites is 1. The zero-order valence-corrected chi connectivity index (χ0v) is 23.7. The molecule has 0 spiro atoms. The lowest BCUT2D eigenvalue weighted by molar-refractivity contribution is -0.137. The van der Waals surface area contributed by atoms with Crippen LogP contribution in [0, 0.1) is 5.92 Å². The highest BCUT2D eigenvalue weighted by atomic mass is 35.5. The molecule has 42 heavy (non-hydrogen) atoms. The molecule has 3 aromatic carbocycles. The quantitative estimate of drug-likeness (QED) is 0.273. The number of hydrogen-bond donors (Lipinski definition) is 1. The van der Waals surface area contributed by atoms with E-state index in [2.05, 4.69) is 5.32 Å². The lowest BCUT2D eigenvalue weighted by atomic mass is 9.83. The van der Waals surface area contributed by atoms with E-state index >= 15 is 0 Å². The van der Waals surface area contributed by atoms with Crippen molar-refractivity contribution in [2.24, 2.45) is 5.92 Å². The number of halogens is 4. The lowest BCUT2D eigenvalue weighted by Gasteiger charge is -2.30. The summed E-state index contributed by atoms with van der Waals surface area (Å²) in [5.74, 6) is -3.94. The maximum absolute atomic E-state index is 13.9. The molecule has 1 N–H and O–H groups in total. The Morgan fingerprint density at radius 2 is 1.57 bits per heavy atom. The third-order valence-corrected chi connectivity index (χ3v) is 9.94. The Hall–Kier alpha value is -3.87. The number of thiazole rings is 1. The normalized spacial score (nSPS) is 19.9. The Balaban J connectivity index is 1.41. The van der Waals surface area contributed by atoms with E-state index in [-0.39, 0.29) is 6.54 Å². The van der Waals surface area contributed by atoms with E-state index in [1.807, 2.05) is 0 Å². The van der Waals surface area contributed by atoms with E-state index in [1.165, 1.54) is 16.7 Å². The first-order chi connectivity index (χ1) is 20.0. The van der Waals surface area contributed by atoms with Crippen molar-refractivity contribution >= 4 is 63.8 Å². The fourth-order valence-corrected chi connectivity index (χ4v) is 8.20. The van der Waals surface area contributed by atoms with E-state index in [4.69, 9.17) is 11.6 Å². The molecule has 2 aliphatic rings. The molecule has 3 amide bonds. The number of carbonyl (C=O) groups excluding carboxylic acids is 3. The van der Waals surface area contributed by atoms with Crippen LogP contribution < -0.4 is 15.1 Å². The highest BCUT2D eigenvalue weighted by Crippen LogP contribution is 2.54. The van der Waals surface area contributed by atoms with Crippen LogP contribution in [0.15, 0.2) is 88.7 Å². The number of carbonyl (C=O) groups is 3. The zero-order chi connectivity index (χ0) is 29.8. The van der Waals surface area contributed by atoms with Crippen LogP contribution in [0.5, 0.6) is 0 Å². The topological polar surface area (TPSA) is 88.5 Å². The van der Waals surface area contributed by atoms with Crippen LogP contribution in [0.3, 0.4) is 0 Å². The molecule has 3 heterocycles. The number of anilines is 2. The fraction of sp³-hybridized carbons (Fsp3) is 0.172. The average molecular weight is 630 g/mol. The van der Waals surface area contributed by atoms with Crippen LogP contribution in [0.1, 0.15) is 21.9 Å². The molecule has 6 rings (SSSR count). The average Bonchev–Trinajstić information content (AvgIpc) is 3.40. The molecule has 1 fully saturated rings. The molecule has 0 aliphatic carbocycles. The van der Waals surface area contributed by atoms with Crippen molar-refractivity contribution in [2.75, 3.05) is 10.2 Å². The Kier molecular flexibility index (Phi) is 7.24. The van der Waals surface area contributed by atoms with Gasteiger partial charge in [-0.2, -0.15) is 13.2 Å². The minimum atomic E-state index is -4.80. The van der Waals surface area contributed by atoms with Crippen molar-refractivity contribution in [1.82, 2.24) is 4.57 Å². The third kappa shape index (κ3) is 4.93. The molecule has 1 saturated heterocycles. The van der Waals surface area contributed by atoms with E-state index < -0.39 is 57.1 Å². The van der Waals surface area contributed by atoms with Gasteiger partial charge in [-0.15, -0.1) is 0 Å². The van der Waals surface area contributed by atoms with Crippen LogP contribution >= 0.6 is 34.7 Å². The minimum absolute atomic E-state index is 0.332. The lowest BCUT2D eigenvalue weighted by Crippen LogP contribution is -2.33. The SMILES string of the molecule is O=C(Cn1c2c(sc1=O)[C@H](c1ccccc1)C1C(=O)N(c3ccccc3C(F)(F)F)C(=O)C1S2)Nc1ccc(Cl)cc1. The molecule has 7 nitrogen and oxygen atoms in total. The summed E-state index contributed by atoms with van der Waals surface area (Å²) in [7, 11) is 0. The van der Waals surface area contributed by atoms with E-state index in [1.54, 1.807) is 54.6 Å². The van der Waals surface area contributed by atoms with E-state index in [0.717, 1.165) is 35.2 Å². The summed E-state index contributed by atoms with van der Waals surface area (Å²) in [6.07, 6.45) is -4.80. The summed E-state index contributed by atoms with van der Waals surface area (Å²) in [5.41, 5.74) is -0.547. The Morgan fingerprint density at radius 3 is 2.26 bits per heavy atom. The minimum Gasteiger partial charge on any atom is -0.325 e. The summed E-state index contributed by atoms with van der Waals surface area (Å²) < 4.78 is 42.9. The Labute approximate surface area is 249 Å². The molecule has 2 unspecified atom stereocenters. The maximum atomic E-state index is 13.9. The van der Waals surface area contributed by atoms with Gasteiger partial charge >= 0.3 is 11.0 Å². The molecule has 13 heteroatoms. The predicted octanol–water partition coefficient (Wildman–Crippen LogP) is 6.02. The molecule has 3 atom stereocenters. The second-order valence-electron chi connectivity index (χ2n) is 9.66. The van der Waals surface area contributed by atoms with Crippen LogP contribution in [0.2, 0.25) is 5.02 Å². The number of amides is 3. The summed E-state index contributed by atoms with van der Waals surface area (Å²) in [4.78, 5) is 54.4. The smallest absolute Gasteiger partial charge is 0.325 e. The molecule has 0 bridgehead atoms. The van der Waals surface area contributed by atoms with Gasteiger partial charge in [0.2, 0.25) is 17.7 Å². The molecule has 2 aliphatic heterocycles. The number of rotatable bonds is 5. The predicted molar refractivity (Wildman–Crippen MR) is 154 cm³/mol. The van der Waals surface area contributed by atoms with Gasteiger partial charge in [-0.1, -0.05) is 77.2 Å². The van der Waals surface area contributed by atoms with Crippen molar-refractivity contribution in [1.29, 1.82) is 0 Å². The summed E-state index contributed by atoms with van der Waals surface area (Å²) in [6, 6.07) is 19.6. The third-order valence-electron chi connectivity index (χ3n) is 7.09. The molecular weight excluding hydrogens is 611 g/mol. The van der Waals surface area contributed by atoms with Crippen molar-refractivity contribution < 1.29 is 27.6 Å². The first-order valence-electron chi connectivity index (χ1n) is 12.6. The van der Waals surface area contributed by atoms with Gasteiger partial charge < -0.3 is 5.32 Å². The highest BCUT2D eigenvalue weighted by molar-refractivity contribution is 8.00. The van der Waals surface area contributed by atoms with Crippen LogP contribution in [-0.2, 0) is 27.1 Å². The van der Waals surface area contributed by atoms with Crippen LogP contribution in [0.25, 0.3) is 0 Å². The number of imide groups is 1. The molecule has 1 aromatic heterocycles. The number of nitrogens with one attached hydrogen (secondary N) is 1. The second kappa shape index (κ2) is 10.8. The van der Waals surface area contributed by atoms with Crippen molar-refractivity contribution in [3.8, 4) is 0 Å². The molecule has 4 aromatic rings. The summed E-state index contributed by atoms with van der Waals surface area (Å²) >= 11 is 7.69. The first kappa shape index (κ1) is 28.3. The van der Waals surface area contributed by atoms with E-state index in [0.29, 0.717) is 31.1 Å². The Bertz CT molecular complexity index is 1770. The molecule has 214 valence electrons. The molecule has 0 radical (unpaired) electrons. The fourth-order valence-electron chi connectivity index (χ4n) is 5.30. The number of benzene rings is 3. The van der Waals surface area contributed by atoms with Crippen molar-refractivity contribution in [3.05, 3.63) is 110 Å². The number of nitrogens with zero attached hydrogens (tertiary/aromatic N) is 2. The van der Waals surface area contributed by atoms with Gasteiger partial charge in [0.1, 0.15) is 11.8 Å². The number of thioether (sulfide) groups is 1. The number of aromatic nitrogens is 1. The standard InChI is InChI=1S/C29H19ClF3N3O4S2/c30-16-10-12-17(13-11-16)34-20(37)14-35-27-24(42-28(35)40)21(15-6-2-1-3-7-15)22-23(41-27)26(39)36(25(22)38)19-9-5-4-8-18(19)29(31,32)33/h1-13,21-23H,14H2,(H,34,37)/t21-,22?,23?/m1/s1. The van der Waals surface area contributed by atoms with Gasteiger partial charge in [-0.3, -0.25) is 23.7 Å². The number of hydrogen-bond acceptors (Lipinski definition) is 6. The van der Waals surface area contributed by atoms with Crippen LogP contribution in [0.4, 0.5) is 24.5 Å². The van der Waals surface area contributed by atoms with Gasteiger partial charge in [-0.25, -0.2) is 4.90 Å². The number of fused-ring (bicyclic) bond motifs is 2. The largest absolute Gasteiger partial charge is 0.418 e. The highest BCUT2D eigenvalue weighted by Gasteiger charge is 2.57. The molecular formula is C29H19ClF3N3O4S2. The molecule has 0 saturated carbocycles. The van der Waals surface area contributed by atoms with Gasteiger partial charge in [0, 0.05) is 21.5 Å². The van der Waals surface area contributed by atoms with Crippen LogP contribution in [-0.4, -0.2) is 27.5 Å². The van der Waals surface area contributed by atoms with Gasteiger partial charge in [0.05, 0.1) is 22.2 Å².